The van der Waals surface area contributed by atoms with Gasteiger partial charge in [0.1, 0.15) is 6.17 Å². The van der Waals surface area contributed by atoms with Crippen LogP contribution in [0.3, 0.4) is 0 Å². The summed E-state index contributed by atoms with van der Waals surface area (Å²) in [5, 5.41) is 3.51. The average Bonchev–Trinajstić information content (AvgIpc) is 2.64. The number of hydrogen-bond acceptors (Lipinski definition) is 2. The summed E-state index contributed by atoms with van der Waals surface area (Å²) in [5.74, 6) is 0.588. The first-order valence-electron chi connectivity index (χ1n) is 5.95. The molecule has 1 amide bonds. The molecule has 0 aromatic rings. The molecule has 2 heterocycles. The minimum atomic E-state index is 0.267. The van der Waals surface area contributed by atoms with Crippen LogP contribution in [-0.2, 0) is 4.79 Å². The fourth-order valence-corrected chi connectivity index (χ4v) is 2.61. The summed E-state index contributed by atoms with van der Waals surface area (Å²) in [4.78, 5) is 14.2. The second-order valence-electron chi connectivity index (χ2n) is 4.70. The van der Waals surface area contributed by atoms with E-state index in [9.17, 15) is 4.79 Å². The van der Waals surface area contributed by atoms with Crippen molar-refractivity contribution in [3.8, 4) is 0 Å². The van der Waals surface area contributed by atoms with E-state index >= 15 is 0 Å². The van der Waals surface area contributed by atoms with Gasteiger partial charge in [-0.2, -0.15) is 0 Å². The number of carbonyl (C=O) groups excluding carboxylic acids is 1. The lowest BCUT2D eigenvalue weighted by Crippen LogP contribution is -2.50. The van der Waals surface area contributed by atoms with Gasteiger partial charge in [0.15, 0.2) is 0 Å². The van der Waals surface area contributed by atoms with Crippen LogP contribution in [0.2, 0.25) is 0 Å². The Morgan fingerprint density at radius 2 is 2.27 bits per heavy atom. The molecule has 2 rings (SSSR count). The van der Waals surface area contributed by atoms with Gasteiger partial charge in [0.05, 0.1) is 0 Å². The zero-order valence-electron chi connectivity index (χ0n) is 9.84. The highest BCUT2D eigenvalue weighted by Gasteiger charge is 2.36. The lowest BCUT2D eigenvalue weighted by molar-refractivity contribution is -0.129. The Hall–Kier alpha value is -0.990. The predicted octanol–water partition coefficient (Wildman–Crippen LogP) is 1.86. The van der Waals surface area contributed by atoms with Crippen molar-refractivity contribution in [3.05, 3.63) is 11.3 Å². The van der Waals surface area contributed by atoms with Crippen molar-refractivity contribution in [3.63, 3.8) is 0 Å². The van der Waals surface area contributed by atoms with Gasteiger partial charge in [-0.3, -0.25) is 4.79 Å². The second kappa shape index (κ2) is 3.87. The highest BCUT2D eigenvalue weighted by Crippen LogP contribution is 2.29. The van der Waals surface area contributed by atoms with Gasteiger partial charge in [-0.15, -0.1) is 0 Å². The first-order chi connectivity index (χ1) is 7.15. The Bertz CT molecular complexity index is 307. The van der Waals surface area contributed by atoms with Crippen LogP contribution in [0.1, 0.15) is 40.0 Å². The highest BCUT2D eigenvalue weighted by atomic mass is 16.2. The third kappa shape index (κ3) is 1.64. The molecule has 1 fully saturated rings. The van der Waals surface area contributed by atoms with Crippen LogP contribution in [-0.4, -0.2) is 23.5 Å². The van der Waals surface area contributed by atoms with Crippen LogP contribution >= 0.6 is 0 Å². The Morgan fingerprint density at radius 1 is 1.53 bits per heavy atom. The number of amides is 1. The molecule has 1 saturated heterocycles. The van der Waals surface area contributed by atoms with Crippen LogP contribution in [0.25, 0.3) is 0 Å². The zero-order valence-corrected chi connectivity index (χ0v) is 9.84. The molecule has 2 aliphatic rings. The smallest absolute Gasteiger partial charge is 0.253 e. The third-order valence-corrected chi connectivity index (χ3v) is 3.34. The van der Waals surface area contributed by atoms with E-state index in [0.29, 0.717) is 5.92 Å². The summed E-state index contributed by atoms with van der Waals surface area (Å²) < 4.78 is 0. The standard InChI is InChI=1S/C12H20N2O/c1-4-9-11(8(2)3)12(15)14-7-5-6-10(14)13-9/h8,10,13H,4-7H2,1-3H3. The molecule has 84 valence electrons. The molecule has 0 saturated carbocycles. The van der Waals surface area contributed by atoms with E-state index in [2.05, 4.69) is 26.1 Å². The van der Waals surface area contributed by atoms with Crippen molar-refractivity contribution in [1.29, 1.82) is 0 Å². The zero-order chi connectivity index (χ0) is 11.0. The summed E-state index contributed by atoms with van der Waals surface area (Å²) >= 11 is 0. The number of hydrogen-bond donors (Lipinski definition) is 1. The van der Waals surface area contributed by atoms with E-state index in [0.717, 1.165) is 37.1 Å². The second-order valence-corrected chi connectivity index (χ2v) is 4.70. The third-order valence-electron chi connectivity index (χ3n) is 3.34. The van der Waals surface area contributed by atoms with E-state index in [1.807, 2.05) is 4.90 Å². The minimum absolute atomic E-state index is 0.267. The molecule has 1 unspecified atom stereocenters. The van der Waals surface area contributed by atoms with Crippen molar-refractivity contribution in [2.75, 3.05) is 6.54 Å². The van der Waals surface area contributed by atoms with Gasteiger partial charge < -0.3 is 10.2 Å². The minimum Gasteiger partial charge on any atom is -0.368 e. The number of nitrogens with zero attached hydrogens (tertiary/aromatic N) is 1. The monoisotopic (exact) mass is 208 g/mol. The maximum Gasteiger partial charge on any atom is 0.253 e. The Morgan fingerprint density at radius 3 is 2.87 bits per heavy atom. The van der Waals surface area contributed by atoms with Gasteiger partial charge in [-0.1, -0.05) is 20.8 Å². The molecule has 0 bridgehead atoms. The lowest BCUT2D eigenvalue weighted by atomic mass is 9.96. The van der Waals surface area contributed by atoms with Gasteiger partial charge in [0.25, 0.3) is 5.91 Å². The molecule has 15 heavy (non-hydrogen) atoms. The SMILES string of the molecule is CCC1=C(C(C)C)C(=O)N2CCCC2N1. The highest BCUT2D eigenvalue weighted by molar-refractivity contribution is 5.95. The summed E-state index contributed by atoms with van der Waals surface area (Å²) in [6.45, 7) is 7.23. The average molecular weight is 208 g/mol. The maximum atomic E-state index is 12.2. The van der Waals surface area contributed by atoms with Crippen LogP contribution in [0.4, 0.5) is 0 Å². The number of carbonyl (C=O) groups is 1. The van der Waals surface area contributed by atoms with Gasteiger partial charge in [-0.25, -0.2) is 0 Å². The van der Waals surface area contributed by atoms with Crippen LogP contribution < -0.4 is 5.32 Å². The number of nitrogens with one attached hydrogen (secondary N) is 1. The van der Waals surface area contributed by atoms with Crippen LogP contribution in [0, 0.1) is 5.92 Å². The largest absolute Gasteiger partial charge is 0.368 e. The number of fused-ring (bicyclic) bond motifs is 1. The van der Waals surface area contributed by atoms with Gasteiger partial charge >= 0.3 is 0 Å². The van der Waals surface area contributed by atoms with Crippen molar-refractivity contribution < 1.29 is 4.79 Å². The summed E-state index contributed by atoms with van der Waals surface area (Å²) in [6, 6.07) is 0. The van der Waals surface area contributed by atoms with Crippen molar-refractivity contribution in [2.24, 2.45) is 5.92 Å². The van der Waals surface area contributed by atoms with E-state index in [4.69, 9.17) is 0 Å². The molecule has 0 aromatic carbocycles. The predicted molar refractivity (Wildman–Crippen MR) is 60.0 cm³/mol. The summed E-state index contributed by atoms with van der Waals surface area (Å²) in [6.07, 6.45) is 3.44. The Labute approximate surface area is 91.5 Å². The topological polar surface area (TPSA) is 32.3 Å². The van der Waals surface area contributed by atoms with E-state index < -0.39 is 0 Å². The van der Waals surface area contributed by atoms with Crippen molar-refractivity contribution in [2.45, 2.75) is 46.2 Å². The molecule has 0 aliphatic carbocycles. The molecule has 1 N–H and O–H groups in total. The first-order valence-corrected chi connectivity index (χ1v) is 5.95. The number of rotatable bonds is 2. The summed E-state index contributed by atoms with van der Waals surface area (Å²) in [5.41, 5.74) is 2.16. The first kappa shape index (κ1) is 10.5. The Balaban J connectivity index is 2.34. The molecular formula is C12H20N2O. The van der Waals surface area contributed by atoms with Gasteiger partial charge in [-0.05, 0) is 25.2 Å². The quantitative estimate of drug-likeness (QED) is 0.751. The van der Waals surface area contributed by atoms with E-state index in [1.165, 1.54) is 0 Å². The fourth-order valence-electron chi connectivity index (χ4n) is 2.61. The van der Waals surface area contributed by atoms with E-state index in [1.54, 1.807) is 0 Å². The van der Waals surface area contributed by atoms with Crippen molar-refractivity contribution in [1.82, 2.24) is 10.2 Å². The molecule has 0 aromatic heterocycles. The molecule has 3 nitrogen and oxygen atoms in total. The fraction of sp³-hybridized carbons (Fsp3) is 0.750. The molecule has 2 aliphatic heterocycles. The van der Waals surface area contributed by atoms with Crippen LogP contribution in [0.5, 0.6) is 0 Å². The van der Waals surface area contributed by atoms with Crippen molar-refractivity contribution >= 4 is 5.91 Å². The maximum absolute atomic E-state index is 12.2. The molecule has 0 spiro atoms. The lowest BCUT2D eigenvalue weighted by Gasteiger charge is -2.35. The molecular weight excluding hydrogens is 188 g/mol. The Kier molecular flexibility index (Phi) is 2.72. The molecule has 0 radical (unpaired) electrons. The van der Waals surface area contributed by atoms with Gasteiger partial charge in [0, 0.05) is 17.8 Å². The summed E-state index contributed by atoms with van der Waals surface area (Å²) in [7, 11) is 0. The number of allylic oxidation sites excluding steroid dienone is 1. The molecule has 1 atom stereocenters. The van der Waals surface area contributed by atoms with Crippen LogP contribution in [0.15, 0.2) is 11.3 Å². The van der Waals surface area contributed by atoms with E-state index in [-0.39, 0.29) is 12.1 Å². The molecule has 3 heteroatoms. The van der Waals surface area contributed by atoms with Gasteiger partial charge in [0.2, 0.25) is 0 Å². The normalized spacial score (nSPS) is 26.0.